The number of hydrogen-bond donors (Lipinski definition) is 1. The number of nitrogens with zero attached hydrogens (tertiary/aromatic N) is 4. The molecule has 0 saturated carbocycles. The van der Waals surface area contributed by atoms with Crippen LogP contribution in [0.1, 0.15) is 42.4 Å². The number of hydrogen-bond acceptors (Lipinski definition) is 6. The highest BCUT2D eigenvalue weighted by molar-refractivity contribution is 6.07. The van der Waals surface area contributed by atoms with Crippen molar-refractivity contribution in [3.8, 4) is 17.2 Å². The molecule has 0 atom stereocenters. The van der Waals surface area contributed by atoms with Crippen molar-refractivity contribution < 1.29 is 14.3 Å². The van der Waals surface area contributed by atoms with Crippen LogP contribution in [0.15, 0.2) is 60.9 Å². The van der Waals surface area contributed by atoms with E-state index < -0.39 is 0 Å². The third-order valence-electron chi connectivity index (χ3n) is 6.98. The van der Waals surface area contributed by atoms with Gasteiger partial charge in [-0.2, -0.15) is 0 Å². The highest BCUT2D eigenvalue weighted by Gasteiger charge is 2.23. The van der Waals surface area contributed by atoms with Crippen LogP contribution in [0.5, 0.6) is 17.2 Å². The fraction of sp³-hybridized carbons (Fsp3) is 0.375. The summed E-state index contributed by atoms with van der Waals surface area (Å²) >= 11 is 0. The van der Waals surface area contributed by atoms with Gasteiger partial charge in [0.25, 0.3) is 5.91 Å². The lowest BCUT2D eigenvalue weighted by Crippen LogP contribution is -2.28. The van der Waals surface area contributed by atoms with Crippen molar-refractivity contribution in [1.29, 1.82) is 0 Å². The van der Waals surface area contributed by atoms with Crippen molar-refractivity contribution in [2.45, 2.75) is 32.7 Å². The molecule has 1 amide bonds. The molecular formula is C32H41N5O3. The van der Waals surface area contributed by atoms with Crippen molar-refractivity contribution in [3.63, 3.8) is 0 Å². The molecule has 8 nitrogen and oxygen atoms in total. The summed E-state index contributed by atoms with van der Waals surface area (Å²) in [6.07, 6.45) is 3.37. The molecule has 0 fully saturated rings. The normalized spacial score (nSPS) is 11.8. The van der Waals surface area contributed by atoms with Gasteiger partial charge in [-0.3, -0.25) is 9.78 Å². The first kappa shape index (κ1) is 29.1. The van der Waals surface area contributed by atoms with E-state index in [2.05, 4.69) is 68.1 Å². The Morgan fingerprint density at radius 2 is 1.75 bits per heavy atom. The Labute approximate surface area is 237 Å². The van der Waals surface area contributed by atoms with Crippen LogP contribution >= 0.6 is 0 Å². The molecular weight excluding hydrogens is 502 g/mol. The van der Waals surface area contributed by atoms with Gasteiger partial charge in [-0.1, -0.05) is 39.0 Å². The SMILES string of the molecule is COc1c(CN(C)CCN(C)C)cc(C(C)(C)C)cc1NC(=O)c1cc2cccc(Oc3ccncc3)c2n1C. The minimum Gasteiger partial charge on any atom is -0.494 e. The van der Waals surface area contributed by atoms with Gasteiger partial charge in [-0.15, -0.1) is 0 Å². The van der Waals surface area contributed by atoms with E-state index in [1.807, 2.05) is 41.9 Å². The fourth-order valence-corrected chi connectivity index (χ4v) is 4.71. The second kappa shape index (κ2) is 12.1. The van der Waals surface area contributed by atoms with Gasteiger partial charge in [0.05, 0.1) is 18.3 Å². The standard InChI is InChI=1S/C32H41N5O3/c1-32(2,3)24-18-23(21-36(6)17-16-35(4)5)30(39-8)26(20-24)34-31(38)27-19-22-10-9-11-28(29(22)37(27)7)40-25-12-14-33-15-13-25/h9-15,18-20H,16-17,21H2,1-8H3,(H,34,38). The predicted molar refractivity (Wildman–Crippen MR) is 162 cm³/mol. The Morgan fingerprint density at radius 3 is 2.40 bits per heavy atom. The van der Waals surface area contributed by atoms with Gasteiger partial charge in [0.1, 0.15) is 17.2 Å². The number of carbonyl (C=O) groups is 1. The lowest BCUT2D eigenvalue weighted by atomic mass is 9.85. The molecule has 0 aliphatic rings. The van der Waals surface area contributed by atoms with E-state index in [1.54, 1.807) is 31.6 Å². The largest absolute Gasteiger partial charge is 0.494 e. The molecule has 2 aromatic carbocycles. The highest BCUT2D eigenvalue weighted by atomic mass is 16.5. The molecule has 0 bridgehead atoms. The topological polar surface area (TPSA) is 71.9 Å². The van der Waals surface area contributed by atoms with E-state index in [-0.39, 0.29) is 11.3 Å². The number of fused-ring (bicyclic) bond motifs is 1. The number of aryl methyl sites for hydroxylation is 1. The highest BCUT2D eigenvalue weighted by Crippen LogP contribution is 2.37. The maximum Gasteiger partial charge on any atom is 0.272 e. The van der Waals surface area contributed by atoms with Crippen molar-refractivity contribution >= 4 is 22.5 Å². The Hall–Kier alpha value is -3.88. The number of rotatable bonds is 10. The van der Waals surface area contributed by atoms with Crippen LogP contribution in [0, 0.1) is 0 Å². The van der Waals surface area contributed by atoms with E-state index in [0.29, 0.717) is 35.2 Å². The molecule has 0 spiro atoms. The van der Waals surface area contributed by atoms with Gasteiger partial charge in [0.15, 0.2) is 5.75 Å². The molecule has 212 valence electrons. The van der Waals surface area contributed by atoms with Gasteiger partial charge in [0, 0.05) is 50.0 Å². The van der Waals surface area contributed by atoms with Gasteiger partial charge in [0.2, 0.25) is 0 Å². The third kappa shape index (κ3) is 6.63. The van der Waals surface area contributed by atoms with Crippen molar-refractivity contribution in [1.82, 2.24) is 19.4 Å². The molecule has 8 heteroatoms. The average Bonchev–Trinajstić information content (AvgIpc) is 3.25. The van der Waals surface area contributed by atoms with Crippen molar-refractivity contribution in [2.75, 3.05) is 46.7 Å². The van der Waals surface area contributed by atoms with Gasteiger partial charge < -0.3 is 29.2 Å². The number of nitrogens with one attached hydrogen (secondary N) is 1. The monoisotopic (exact) mass is 543 g/mol. The van der Waals surface area contributed by atoms with Crippen LogP contribution in [-0.2, 0) is 19.0 Å². The first-order chi connectivity index (χ1) is 19.0. The maximum atomic E-state index is 13.8. The van der Waals surface area contributed by atoms with Crippen LogP contribution < -0.4 is 14.8 Å². The minimum absolute atomic E-state index is 0.110. The smallest absolute Gasteiger partial charge is 0.272 e. The van der Waals surface area contributed by atoms with Gasteiger partial charge >= 0.3 is 0 Å². The summed E-state index contributed by atoms with van der Waals surface area (Å²) in [5.41, 5.74) is 4.08. The van der Waals surface area contributed by atoms with Gasteiger partial charge in [-0.05, 0) is 62.5 Å². The van der Waals surface area contributed by atoms with E-state index in [1.165, 1.54) is 0 Å². The van der Waals surface area contributed by atoms with Crippen LogP contribution in [0.3, 0.4) is 0 Å². The second-order valence-corrected chi connectivity index (χ2v) is 11.5. The Bertz CT molecular complexity index is 1470. The molecule has 1 N–H and O–H groups in total. The summed E-state index contributed by atoms with van der Waals surface area (Å²) in [5, 5.41) is 4.08. The molecule has 4 aromatic rings. The summed E-state index contributed by atoms with van der Waals surface area (Å²) in [7, 11) is 9.79. The molecule has 0 unspecified atom stereocenters. The summed E-state index contributed by atoms with van der Waals surface area (Å²) in [6, 6.07) is 15.5. The Kier molecular flexibility index (Phi) is 8.81. The zero-order valence-corrected chi connectivity index (χ0v) is 24.9. The molecule has 40 heavy (non-hydrogen) atoms. The Balaban J connectivity index is 1.69. The molecule has 0 saturated heterocycles. The molecule has 4 rings (SSSR count). The van der Waals surface area contributed by atoms with Crippen molar-refractivity contribution in [3.05, 3.63) is 77.7 Å². The zero-order chi connectivity index (χ0) is 29.0. The van der Waals surface area contributed by atoms with E-state index in [4.69, 9.17) is 9.47 Å². The number of pyridine rings is 1. The first-order valence-electron chi connectivity index (χ1n) is 13.5. The van der Waals surface area contributed by atoms with Crippen molar-refractivity contribution in [2.24, 2.45) is 7.05 Å². The number of ether oxygens (including phenoxy) is 2. The Morgan fingerprint density at radius 1 is 1.02 bits per heavy atom. The van der Waals surface area contributed by atoms with Crippen LogP contribution in [-0.4, -0.2) is 66.6 Å². The summed E-state index contributed by atoms with van der Waals surface area (Å²) in [4.78, 5) is 22.3. The van der Waals surface area contributed by atoms with E-state index in [9.17, 15) is 4.79 Å². The number of aromatic nitrogens is 2. The number of anilines is 1. The van der Waals surface area contributed by atoms with Crippen LogP contribution in [0.2, 0.25) is 0 Å². The number of amides is 1. The van der Waals surface area contributed by atoms with Gasteiger partial charge in [-0.25, -0.2) is 0 Å². The second-order valence-electron chi connectivity index (χ2n) is 11.5. The average molecular weight is 544 g/mol. The summed E-state index contributed by atoms with van der Waals surface area (Å²) in [5.74, 6) is 1.81. The molecule has 2 aromatic heterocycles. The summed E-state index contributed by atoms with van der Waals surface area (Å²) in [6.45, 7) is 9.09. The lowest BCUT2D eigenvalue weighted by molar-refractivity contribution is 0.101. The first-order valence-corrected chi connectivity index (χ1v) is 13.5. The van der Waals surface area contributed by atoms with E-state index in [0.717, 1.165) is 35.1 Å². The lowest BCUT2D eigenvalue weighted by Gasteiger charge is -2.26. The molecule has 0 aliphatic carbocycles. The third-order valence-corrected chi connectivity index (χ3v) is 6.98. The minimum atomic E-state index is -0.218. The van der Waals surface area contributed by atoms with Crippen LogP contribution in [0.4, 0.5) is 5.69 Å². The number of methoxy groups -OCH3 is 1. The molecule has 2 heterocycles. The zero-order valence-electron chi connectivity index (χ0n) is 24.9. The molecule has 0 aliphatic heterocycles. The number of benzene rings is 2. The van der Waals surface area contributed by atoms with Crippen LogP contribution in [0.25, 0.3) is 10.9 Å². The number of likely N-dealkylation sites (N-methyl/N-ethyl adjacent to an activating group) is 2. The molecule has 0 radical (unpaired) electrons. The number of carbonyl (C=O) groups excluding carboxylic acids is 1. The quantitative estimate of drug-likeness (QED) is 0.268. The number of para-hydroxylation sites is 1. The van der Waals surface area contributed by atoms with E-state index >= 15 is 0 Å². The maximum absolute atomic E-state index is 13.8. The predicted octanol–water partition coefficient (Wildman–Crippen LogP) is 5.92. The summed E-state index contributed by atoms with van der Waals surface area (Å²) < 4.78 is 13.9. The fourth-order valence-electron chi connectivity index (χ4n) is 4.71.